The van der Waals surface area contributed by atoms with Crippen LogP contribution in [0.3, 0.4) is 0 Å². The Morgan fingerprint density at radius 1 is 1.42 bits per heavy atom. The third-order valence-electron chi connectivity index (χ3n) is 1.96. The molecule has 0 aliphatic carbocycles. The third kappa shape index (κ3) is 5.04. The predicted molar refractivity (Wildman–Crippen MR) is 81.0 cm³/mol. The van der Waals surface area contributed by atoms with E-state index < -0.39 is 6.49 Å². The molecule has 0 aromatic heterocycles. The highest BCUT2D eigenvalue weighted by atomic mass is 32.5. The molecule has 4 nitrogen and oxygen atoms in total. The fourth-order valence-corrected chi connectivity index (χ4v) is 3.86. The molecule has 0 saturated heterocycles. The minimum absolute atomic E-state index is 0.0869. The van der Waals surface area contributed by atoms with E-state index >= 15 is 0 Å². The van der Waals surface area contributed by atoms with Gasteiger partial charge in [-0.2, -0.15) is 0 Å². The van der Waals surface area contributed by atoms with E-state index in [-0.39, 0.29) is 6.61 Å². The highest BCUT2D eigenvalue weighted by molar-refractivity contribution is 8.13. The molecule has 1 aromatic carbocycles. The van der Waals surface area contributed by atoms with Gasteiger partial charge in [0, 0.05) is 12.2 Å². The van der Waals surface area contributed by atoms with Gasteiger partial charge in [-0.05, 0) is 30.9 Å². The molecule has 0 saturated carbocycles. The number of oxime groups is 1. The van der Waals surface area contributed by atoms with E-state index in [9.17, 15) is 0 Å². The maximum absolute atomic E-state index is 5.67. The summed E-state index contributed by atoms with van der Waals surface area (Å²) >= 11 is 5.51. The monoisotopic (exact) mass is 297 g/mol. The van der Waals surface area contributed by atoms with E-state index in [4.69, 9.17) is 32.1 Å². The van der Waals surface area contributed by atoms with Gasteiger partial charge in [0.15, 0.2) is 6.61 Å². The van der Waals surface area contributed by atoms with Crippen molar-refractivity contribution in [2.75, 3.05) is 13.2 Å². The molecule has 6 heteroatoms. The summed E-state index contributed by atoms with van der Waals surface area (Å²) in [6.45, 7) is 1.47. The second-order valence-corrected chi connectivity index (χ2v) is 6.82. The van der Waals surface area contributed by atoms with E-state index in [1.165, 1.54) is 0 Å². The van der Waals surface area contributed by atoms with Crippen LogP contribution >= 0.6 is 6.49 Å². The van der Waals surface area contributed by atoms with Crippen LogP contribution < -0.4 is 5.30 Å². The lowest BCUT2D eigenvalue weighted by Crippen LogP contribution is -2.12. The maximum Gasteiger partial charge on any atom is 0.270 e. The number of terminal acetylenes is 1. The number of hydrogen-bond acceptors (Lipinski definition) is 5. The quantitative estimate of drug-likeness (QED) is 0.202. The summed E-state index contributed by atoms with van der Waals surface area (Å²) in [6.07, 6.45) is 5.06. The van der Waals surface area contributed by atoms with Crippen molar-refractivity contribution in [2.45, 2.75) is 13.8 Å². The average molecular weight is 297 g/mol. The SMILES string of the molecule is C#CCON=C(C)OP(=S)(OCC)c1ccccc1. The molecule has 0 heterocycles. The lowest BCUT2D eigenvalue weighted by molar-refractivity contribution is 0.172. The van der Waals surface area contributed by atoms with E-state index in [1.807, 2.05) is 37.3 Å². The average Bonchev–Trinajstić information content (AvgIpc) is 2.40. The first kappa shape index (κ1) is 15.7. The first-order chi connectivity index (χ1) is 9.12. The van der Waals surface area contributed by atoms with Crippen molar-refractivity contribution in [2.24, 2.45) is 5.16 Å². The van der Waals surface area contributed by atoms with Crippen molar-refractivity contribution in [1.29, 1.82) is 0 Å². The molecule has 0 bridgehead atoms. The molecule has 1 atom stereocenters. The molecular formula is C13H16NO3PS. The van der Waals surface area contributed by atoms with E-state index in [1.54, 1.807) is 6.92 Å². The Balaban J connectivity index is 2.87. The van der Waals surface area contributed by atoms with Crippen molar-refractivity contribution < 1.29 is 13.9 Å². The number of rotatable bonds is 6. The van der Waals surface area contributed by atoms with Crippen LogP contribution in [0, 0.1) is 12.3 Å². The van der Waals surface area contributed by atoms with Crippen LogP contribution in [-0.4, -0.2) is 19.1 Å². The van der Waals surface area contributed by atoms with Crippen LogP contribution in [-0.2, 0) is 25.7 Å². The summed E-state index contributed by atoms with van der Waals surface area (Å²) in [5.74, 6) is 2.61. The first-order valence-corrected chi connectivity index (χ1v) is 8.36. The van der Waals surface area contributed by atoms with Gasteiger partial charge in [0.1, 0.15) is 0 Å². The van der Waals surface area contributed by atoms with Gasteiger partial charge in [0.25, 0.3) is 6.49 Å². The zero-order valence-corrected chi connectivity index (χ0v) is 12.6. The number of nitrogens with zero attached hydrogens (tertiary/aromatic N) is 1. The minimum atomic E-state index is -2.61. The second kappa shape index (κ2) is 7.96. The van der Waals surface area contributed by atoms with Gasteiger partial charge in [-0.25, -0.2) is 0 Å². The topological polar surface area (TPSA) is 40.0 Å². The lowest BCUT2D eigenvalue weighted by Gasteiger charge is -2.21. The second-order valence-electron chi connectivity index (χ2n) is 3.43. The zero-order valence-electron chi connectivity index (χ0n) is 10.9. The third-order valence-corrected chi connectivity index (χ3v) is 5.17. The molecule has 0 fully saturated rings. The summed E-state index contributed by atoms with van der Waals surface area (Å²) in [5, 5.41) is 4.57. The smallest absolute Gasteiger partial charge is 0.270 e. The summed E-state index contributed by atoms with van der Waals surface area (Å²) in [7, 11) is 0. The number of hydrogen-bond donors (Lipinski definition) is 0. The summed E-state index contributed by atoms with van der Waals surface area (Å²) in [4.78, 5) is 4.85. The Labute approximate surface area is 118 Å². The molecule has 1 rings (SSSR count). The highest BCUT2D eigenvalue weighted by Gasteiger charge is 2.23. The van der Waals surface area contributed by atoms with Crippen molar-refractivity contribution in [3.8, 4) is 12.3 Å². The summed E-state index contributed by atoms with van der Waals surface area (Å²) in [6, 6.07) is 9.45. The molecule has 0 aliphatic rings. The maximum atomic E-state index is 5.67. The molecule has 102 valence electrons. The Morgan fingerprint density at radius 3 is 2.68 bits per heavy atom. The van der Waals surface area contributed by atoms with Crippen LogP contribution in [0.25, 0.3) is 0 Å². The van der Waals surface area contributed by atoms with Crippen molar-refractivity contribution in [3.05, 3.63) is 30.3 Å². The van der Waals surface area contributed by atoms with Gasteiger partial charge in [0.2, 0.25) is 5.90 Å². The molecule has 19 heavy (non-hydrogen) atoms. The predicted octanol–water partition coefficient (Wildman–Crippen LogP) is 2.66. The fraction of sp³-hybridized carbons (Fsp3) is 0.308. The van der Waals surface area contributed by atoms with Crippen LogP contribution in [0.15, 0.2) is 35.5 Å². The molecule has 1 unspecified atom stereocenters. The molecule has 1 aromatic rings. The Morgan fingerprint density at radius 2 is 2.11 bits per heavy atom. The largest absolute Gasteiger partial charge is 0.423 e. The minimum Gasteiger partial charge on any atom is -0.423 e. The molecule has 0 spiro atoms. The van der Waals surface area contributed by atoms with Gasteiger partial charge in [-0.3, -0.25) is 0 Å². The normalized spacial score (nSPS) is 14.3. The van der Waals surface area contributed by atoms with Crippen LogP contribution in [0.4, 0.5) is 0 Å². The Kier molecular flexibility index (Phi) is 6.58. The zero-order chi connectivity index (χ0) is 14.1. The number of benzene rings is 1. The standard InChI is InChI=1S/C13H16NO3PS/c1-4-11-15-14-12(3)17-18(19,16-5-2)13-9-7-6-8-10-13/h1,6-10H,5,11H2,2-3H3. The molecule has 0 radical (unpaired) electrons. The highest BCUT2D eigenvalue weighted by Crippen LogP contribution is 2.47. The van der Waals surface area contributed by atoms with E-state index in [2.05, 4.69) is 11.1 Å². The van der Waals surface area contributed by atoms with E-state index in [0.29, 0.717) is 12.5 Å². The van der Waals surface area contributed by atoms with Crippen LogP contribution in [0.2, 0.25) is 0 Å². The van der Waals surface area contributed by atoms with E-state index in [0.717, 1.165) is 5.30 Å². The van der Waals surface area contributed by atoms with Crippen LogP contribution in [0.1, 0.15) is 13.8 Å². The van der Waals surface area contributed by atoms with Gasteiger partial charge in [-0.15, -0.1) is 6.42 Å². The van der Waals surface area contributed by atoms with Crippen molar-refractivity contribution in [3.63, 3.8) is 0 Å². The van der Waals surface area contributed by atoms with Gasteiger partial charge in [0.05, 0.1) is 6.61 Å². The van der Waals surface area contributed by atoms with Gasteiger partial charge < -0.3 is 13.9 Å². The summed E-state index contributed by atoms with van der Waals surface area (Å²) in [5.41, 5.74) is 0. The van der Waals surface area contributed by atoms with Crippen molar-refractivity contribution in [1.82, 2.24) is 0 Å². The van der Waals surface area contributed by atoms with Gasteiger partial charge in [-0.1, -0.05) is 29.3 Å². The lowest BCUT2D eigenvalue weighted by atomic mass is 10.4. The van der Waals surface area contributed by atoms with Gasteiger partial charge >= 0.3 is 0 Å². The Bertz CT molecular complexity index is 510. The molecule has 0 amide bonds. The molecular weight excluding hydrogens is 281 g/mol. The Hall–Kier alpha value is -1.34. The van der Waals surface area contributed by atoms with Crippen LogP contribution in [0.5, 0.6) is 0 Å². The van der Waals surface area contributed by atoms with Crippen molar-refractivity contribution >= 4 is 29.5 Å². The first-order valence-electron chi connectivity index (χ1n) is 5.72. The fourth-order valence-electron chi connectivity index (χ4n) is 1.29. The molecule has 0 aliphatic heterocycles. The summed E-state index contributed by atoms with van der Waals surface area (Å²) < 4.78 is 11.3. The molecule has 0 N–H and O–H groups in total.